The summed E-state index contributed by atoms with van der Waals surface area (Å²) in [5.41, 5.74) is 2.97. The predicted molar refractivity (Wildman–Crippen MR) is 127 cm³/mol. The number of para-hydroxylation sites is 1. The fraction of sp³-hybridized carbons (Fsp3) is 0.240. The van der Waals surface area contributed by atoms with Gasteiger partial charge >= 0.3 is 0 Å². The number of piperazine rings is 1. The van der Waals surface area contributed by atoms with E-state index in [-0.39, 0.29) is 17.6 Å². The molecule has 1 saturated heterocycles. The molecule has 5 rings (SSSR count). The standard InChI is InChI=1S/C25H23FN4O2S/c26-20-4-1-2-5-21(20)28-12-14-29(15-13-28)25(32)19-9-7-18(8-10-19)16-30-22-6-3-11-27-24(22)33-17-23(30)31/h1-11H,12-17H2. The Bertz CT molecular complexity index is 1180. The van der Waals surface area contributed by atoms with Gasteiger partial charge in [-0.1, -0.05) is 36.0 Å². The Morgan fingerprint density at radius 1 is 0.939 bits per heavy atom. The highest BCUT2D eigenvalue weighted by Crippen LogP contribution is 2.34. The maximum Gasteiger partial charge on any atom is 0.253 e. The van der Waals surface area contributed by atoms with Crippen molar-refractivity contribution in [2.24, 2.45) is 0 Å². The summed E-state index contributed by atoms with van der Waals surface area (Å²) >= 11 is 1.46. The van der Waals surface area contributed by atoms with Gasteiger partial charge in [-0.2, -0.15) is 0 Å². The molecule has 0 spiro atoms. The van der Waals surface area contributed by atoms with E-state index in [9.17, 15) is 14.0 Å². The van der Waals surface area contributed by atoms with Gasteiger partial charge in [-0.25, -0.2) is 9.37 Å². The lowest BCUT2D eigenvalue weighted by atomic mass is 10.1. The molecule has 0 unspecified atom stereocenters. The topological polar surface area (TPSA) is 56.8 Å². The molecule has 0 atom stereocenters. The molecular weight excluding hydrogens is 439 g/mol. The number of carbonyl (C=O) groups excluding carboxylic acids is 2. The second-order valence-corrected chi connectivity index (χ2v) is 8.99. The number of pyridine rings is 1. The van der Waals surface area contributed by atoms with Gasteiger partial charge in [0.05, 0.1) is 23.7 Å². The first-order chi connectivity index (χ1) is 16.1. The van der Waals surface area contributed by atoms with Crippen LogP contribution in [0, 0.1) is 5.82 Å². The number of benzene rings is 2. The molecule has 8 heteroatoms. The zero-order valence-corrected chi connectivity index (χ0v) is 18.8. The molecule has 33 heavy (non-hydrogen) atoms. The number of carbonyl (C=O) groups is 2. The van der Waals surface area contributed by atoms with Crippen molar-refractivity contribution in [3.05, 3.63) is 83.8 Å². The summed E-state index contributed by atoms with van der Waals surface area (Å²) in [5, 5.41) is 0.860. The van der Waals surface area contributed by atoms with E-state index < -0.39 is 0 Å². The predicted octanol–water partition coefficient (Wildman–Crippen LogP) is 3.82. The van der Waals surface area contributed by atoms with Crippen LogP contribution in [0.3, 0.4) is 0 Å². The van der Waals surface area contributed by atoms with Gasteiger partial charge in [0.2, 0.25) is 5.91 Å². The largest absolute Gasteiger partial charge is 0.366 e. The van der Waals surface area contributed by atoms with E-state index in [1.807, 2.05) is 47.4 Å². The SMILES string of the molecule is O=C(c1ccc(CN2C(=O)CSc3ncccc32)cc1)N1CCN(c2ccccc2F)CC1. The van der Waals surface area contributed by atoms with E-state index in [4.69, 9.17) is 0 Å². The van der Waals surface area contributed by atoms with Crippen LogP contribution in [0.4, 0.5) is 15.8 Å². The minimum absolute atomic E-state index is 0.0327. The maximum absolute atomic E-state index is 14.1. The number of anilines is 2. The van der Waals surface area contributed by atoms with Crippen LogP contribution in [0.2, 0.25) is 0 Å². The summed E-state index contributed by atoms with van der Waals surface area (Å²) in [5.74, 6) is 0.152. The highest BCUT2D eigenvalue weighted by Gasteiger charge is 2.26. The third-order valence-corrected chi connectivity index (χ3v) is 6.96. The van der Waals surface area contributed by atoms with E-state index in [1.165, 1.54) is 17.8 Å². The normalized spacial score (nSPS) is 16.0. The number of nitrogens with zero attached hydrogens (tertiary/aromatic N) is 4. The van der Waals surface area contributed by atoms with Crippen molar-refractivity contribution in [3.63, 3.8) is 0 Å². The molecule has 0 N–H and O–H groups in total. The van der Waals surface area contributed by atoms with Crippen LogP contribution in [0.15, 0.2) is 71.9 Å². The Balaban J connectivity index is 1.23. The molecule has 0 aliphatic carbocycles. The lowest BCUT2D eigenvalue weighted by molar-refractivity contribution is -0.116. The van der Waals surface area contributed by atoms with Crippen molar-refractivity contribution in [1.82, 2.24) is 9.88 Å². The fourth-order valence-corrected chi connectivity index (χ4v) is 5.07. The number of thioether (sulfide) groups is 1. The second-order valence-electron chi connectivity index (χ2n) is 8.02. The Morgan fingerprint density at radius 3 is 2.42 bits per heavy atom. The average molecular weight is 463 g/mol. The molecule has 3 heterocycles. The van der Waals surface area contributed by atoms with Crippen LogP contribution in [-0.2, 0) is 11.3 Å². The summed E-state index contributed by atoms with van der Waals surface area (Å²) in [6.45, 7) is 2.70. The Morgan fingerprint density at radius 2 is 1.67 bits per heavy atom. The molecule has 2 amide bonds. The van der Waals surface area contributed by atoms with Crippen LogP contribution in [-0.4, -0.2) is 53.6 Å². The van der Waals surface area contributed by atoms with Crippen molar-refractivity contribution >= 4 is 35.0 Å². The van der Waals surface area contributed by atoms with Crippen LogP contribution in [0.25, 0.3) is 0 Å². The smallest absolute Gasteiger partial charge is 0.253 e. The van der Waals surface area contributed by atoms with Crippen LogP contribution >= 0.6 is 11.8 Å². The summed E-state index contributed by atoms with van der Waals surface area (Å²) in [6, 6.07) is 17.9. The van der Waals surface area contributed by atoms with E-state index in [0.29, 0.717) is 49.7 Å². The first-order valence-electron chi connectivity index (χ1n) is 10.9. The molecule has 0 bridgehead atoms. The van der Waals surface area contributed by atoms with Crippen LogP contribution in [0.5, 0.6) is 0 Å². The minimum Gasteiger partial charge on any atom is -0.366 e. The fourth-order valence-electron chi connectivity index (χ4n) is 4.19. The molecule has 6 nitrogen and oxygen atoms in total. The van der Waals surface area contributed by atoms with Gasteiger partial charge in [-0.15, -0.1) is 0 Å². The van der Waals surface area contributed by atoms with E-state index in [0.717, 1.165) is 16.3 Å². The Labute approximate surface area is 196 Å². The molecule has 2 aromatic carbocycles. The summed E-state index contributed by atoms with van der Waals surface area (Å²) in [7, 11) is 0. The van der Waals surface area contributed by atoms with Crippen molar-refractivity contribution in [2.45, 2.75) is 11.6 Å². The molecule has 168 valence electrons. The number of amides is 2. The van der Waals surface area contributed by atoms with Gasteiger partial charge in [0, 0.05) is 37.9 Å². The lowest BCUT2D eigenvalue weighted by Crippen LogP contribution is -2.49. The zero-order valence-electron chi connectivity index (χ0n) is 18.0. The molecular formula is C25H23FN4O2S. The zero-order chi connectivity index (χ0) is 22.8. The van der Waals surface area contributed by atoms with Gasteiger partial charge in [-0.05, 0) is 42.0 Å². The van der Waals surface area contributed by atoms with Crippen molar-refractivity contribution in [3.8, 4) is 0 Å². The number of hydrogen-bond donors (Lipinski definition) is 0. The van der Waals surface area contributed by atoms with Crippen molar-refractivity contribution in [2.75, 3.05) is 41.7 Å². The summed E-state index contributed by atoms with van der Waals surface area (Å²) in [6.07, 6.45) is 1.73. The molecule has 3 aromatic rings. The van der Waals surface area contributed by atoms with E-state index >= 15 is 0 Å². The number of hydrogen-bond acceptors (Lipinski definition) is 5. The van der Waals surface area contributed by atoms with Crippen molar-refractivity contribution in [1.29, 1.82) is 0 Å². The molecule has 2 aliphatic heterocycles. The van der Waals surface area contributed by atoms with Crippen LogP contribution in [0.1, 0.15) is 15.9 Å². The second kappa shape index (κ2) is 9.23. The van der Waals surface area contributed by atoms with Gasteiger partial charge in [0.15, 0.2) is 0 Å². The first kappa shape index (κ1) is 21.5. The maximum atomic E-state index is 14.1. The third-order valence-electron chi connectivity index (χ3n) is 5.98. The average Bonchev–Trinajstić information content (AvgIpc) is 2.86. The summed E-state index contributed by atoms with van der Waals surface area (Å²) in [4.78, 5) is 35.4. The Kier molecular flexibility index (Phi) is 6.00. The minimum atomic E-state index is -0.239. The highest BCUT2D eigenvalue weighted by molar-refractivity contribution is 8.00. The van der Waals surface area contributed by atoms with Crippen LogP contribution < -0.4 is 9.80 Å². The number of aromatic nitrogens is 1. The van der Waals surface area contributed by atoms with E-state index in [1.54, 1.807) is 28.1 Å². The third kappa shape index (κ3) is 4.43. The molecule has 2 aliphatic rings. The highest BCUT2D eigenvalue weighted by atomic mass is 32.2. The Hall–Kier alpha value is -3.39. The molecule has 1 fully saturated rings. The van der Waals surface area contributed by atoms with Gasteiger partial charge < -0.3 is 14.7 Å². The number of fused-ring (bicyclic) bond motifs is 1. The first-order valence-corrected chi connectivity index (χ1v) is 11.8. The molecule has 0 saturated carbocycles. The number of rotatable bonds is 4. The van der Waals surface area contributed by atoms with Gasteiger partial charge in [-0.3, -0.25) is 9.59 Å². The summed E-state index contributed by atoms with van der Waals surface area (Å²) < 4.78 is 14.1. The lowest BCUT2D eigenvalue weighted by Gasteiger charge is -2.36. The molecule has 0 radical (unpaired) electrons. The van der Waals surface area contributed by atoms with E-state index in [2.05, 4.69) is 4.98 Å². The van der Waals surface area contributed by atoms with Crippen molar-refractivity contribution < 1.29 is 14.0 Å². The van der Waals surface area contributed by atoms with Gasteiger partial charge in [0.1, 0.15) is 10.8 Å². The molecule has 1 aromatic heterocycles. The number of halogens is 1. The quantitative estimate of drug-likeness (QED) is 0.590. The monoisotopic (exact) mass is 462 g/mol. The van der Waals surface area contributed by atoms with Gasteiger partial charge in [0.25, 0.3) is 5.91 Å².